The van der Waals surface area contributed by atoms with Gasteiger partial charge in [0.1, 0.15) is 0 Å². The molecule has 1 nitrogen and oxygen atoms in total. The first-order chi connectivity index (χ1) is 7.49. The van der Waals surface area contributed by atoms with Crippen LogP contribution in [-0.2, 0) is 6.42 Å². The molecule has 0 aliphatic heterocycles. The zero-order chi connectivity index (χ0) is 11.6. The Balaban J connectivity index is 1.92. The number of hydrogen-bond donors (Lipinski definition) is 1. The lowest BCUT2D eigenvalue weighted by molar-refractivity contribution is -0.0446. The molecule has 16 heavy (non-hydrogen) atoms. The fourth-order valence-electron chi connectivity index (χ4n) is 2.99. The summed E-state index contributed by atoms with van der Waals surface area (Å²) in [4.78, 5) is 0. The second kappa shape index (κ2) is 4.50. The van der Waals surface area contributed by atoms with Crippen molar-refractivity contribution in [1.82, 2.24) is 0 Å². The topological polar surface area (TPSA) is 20.2 Å². The third kappa shape index (κ3) is 3.08. The summed E-state index contributed by atoms with van der Waals surface area (Å²) < 4.78 is 0. The van der Waals surface area contributed by atoms with Crippen molar-refractivity contribution in [3.05, 3.63) is 22.4 Å². The van der Waals surface area contributed by atoms with Gasteiger partial charge in [-0.2, -0.15) is 11.3 Å². The molecule has 1 saturated carbocycles. The van der Waals surface area contributed by atoms with Gasteiger partial charge in [-0.25, -0.2) is 0 Å². The van der Waals surface area contributed by atoms with Gasteiger partial charge in [0.15, 0.2) is 0 Å². The fourth-order valence-corrected chi connectivity index (χ4v) is 3.69. The molecule has 0 radical (unpaired) electrons. The van der Waals surface area contributed by atoms with E-state index in [9.17, 15) is 5.11 Å². The lowest BCUT2D eigenvalue weighted by Gasteiger charge is -2.41. The van der Waals surface area contributed by atoms with Gasteiger partial charge in [-0.1, -0.05) is 20.3 Å². The van der Waals surface area contributed by atoms with Crippen LogP contribution in [0.2, 0.25) is 0 Å². The van der Waals surface area contributed by atoms with Crippen LogP contribution in [-0.4, -0.2) is 10.7 Å². The Morgan fingerprint density at radius 1 is 1.38 bits per heavy atom. The highest BCUT2D eigenvalue weighted by atomic mass is 32.1. The molecule has 0 amide bonds. The molecule has 1 aromatic heterocycles. The lowest BCUT2D eigenvalue weighted by atomic mass is 9.68. The molecule has 1 atom stereocenters. The highest BCUT2D eigenvalue weighted by Gasteiger charge is 2.37. The van der Waals surface area contributed by atoms with Gasteiger partial charge in [0.05, 0.1) is 5.60 Å². The van der Waals surface area contributed by atoms with Gasteiger partial charge in [0.25, 0.3) is 0 Å². The average molecular weight is 238 g/mol. The summed E-state index contributed by atoms with van der Waals surface area (Å²) >= 11 is 1.74. The van der Waals surface area contributed by atoms with Crippen molar-refractivity contribution in [2.45, 2.75) is 58.0 Å². The zero-order valence-corrected chi connectivity index (χ0v) is 11.1. The second-order valence-electron chi connectivity index (χ2n) is 6.05. The summed E-state index contributed by atoms with van der Waals surface area (Å²) in [5.41, 5.74) is 1.28. The molecule has 1 fully saturated rings. The highest BCUT2D eigenvalue weighted by Crippen LogP contribution is 2.42. The number of aryl methyl sites for hydroxylation is 1. The van der Waals surface area contributed by atoms with E-state index in [-0.39, 0.29) is 0 Å². The fraction of sp³-hybridized carbons (Fsp3) is 0.714. The number of hydrogen-bond acceptors (Lipinski definition) is 2. The summed E-state index contributed by atoms with van der Waals surface area (Å²) in [7, 11) is 0. The van der Waals surface area contributed by atoms with Crippen LogP contribution in [0.4, 0.5) is 0 Å². The standard InChI is InChI=1S/C14H22OS/c1-13(2)6-3-7-14(15,11-13)8-4-12-5-9-16-10-12/h5,9-10,15H,3-4,6-8,11H2,1-2H3. The Labute approximate surface area is 103 Å². The Bertz CT molecular complexity index is 329. The van der Waals surface area contributed by atoms with E-state index in [2.05, 4.69) is 30.7 Å². The maximum absolute atomic E-state index is 10.6. The van der Waals surface area contributed by atoms with Crippen LogP contribution in [0.25, 0.3) is 0 Å². The first-order valence-corrected chi connectivity index (χ1v) is 7.17. The largest absolute Gasteiger partial charge is 0.390 e. The first-order valence-electron chi connectivity index (χ1n) is 6.23. The van der Waals surface area contributed by atoms with Gasteiger partial charge in [-0.05, 0) is 59.9 Å². The van der Waals surface area contributed by atoms with E-state index in [1.807, 2.05) is 0 Å². The predicted molar refractivity (Wildman–Crippen MR) is 69.8 cm³/mol. The van der Waals surface area contributed by atoms with Crippen LogP contribution in [0.5, 0.6) is 0 Å². The molecule has 0 spiro atoms. The molecule has 1 aliphatic carbocycles. The van der Waals surface area contributed by atoms with Crippen LogP contribution < -0.4 is 0 Å². The van der Waals surface area contributed by atoms with Gasteiger partial charge in [-0.3, -0.25) is 0 Å². The van der Waals surface area contributed by atoms with Crippen molar-refractivity contribution >= 4 is 11.3 Å². The monoisotopic (exact) mass is 238 g/mol. The van der Waals surface area contributed by atoms with Gasteiger partial charge in [0, 0.05) is 0 Å². The maximum atomic E-state index is 10.6. The smallest absolute Gasteiger partial charge is 0.0656 e. The first kappa shape index (κ1) is 12.1. The number of thiophene rings is 1. The third-order valence-corrected chi connectivity index (χ3v) is 4.49. The molecular formula is C14H22OS. The van der Waals surface area contributed by atoms with Crippen molar-refractivity contribution in [2.24, 2.45) is 5.41 Å². The molecule has 0 saturated heterocycles. The Kier molecular flexibility index (Phi) is 3.41. The van der Waals surface area contributed by atoms with Crippen molar-refractivity contribution in [3.63, 3.8) is 0 Å². The van der Waals surface area contributed by atoms with Gasteiger partial charge < -0.3 is 5.11 Å². The summed E-state index contributed by atoms with van der Waals surface area (Å²) in [5, 5.41) is 14.9. The summed E-state index contributed by atoms with van der Waals surface area (Å²) in [6.45, 7) is 4.56. The normalized spacial score (nSPS) is 29.2. The molecule has 90 valence electrons. The highest BCUT2D eigenvalue weighted by molar-refractivity contribution is 7.07. The van der Waals surface area contributed by atoms with Crippen LogP contribution >= 0.6 is 11.3 Å². The molecule has 2 heteroatoms. The van der Waals surface area contributed by atoms with Crippen molar-refractivity contribution in [1.29, 1.82) is 0 Å². The quantitative estimate of drug-likeness (QED) is 0.843. The van der Waals surface area contributed by atoms with E-state index >= 15 is 0 Å². The third-order valence-electron chi connectivity index (χ3n) is 3.76. The lowest BCUT2D eigenvalue weighted by Crippen LogP contribution is -2.39. The minimum Gasteiger partial charge on any atom is -0.390 e. The van der Waals surface area contributed by atoms with E-state index < -0.39 is 5.60 Å². The SMILES string of the molecule is CC1(C)CCCC(O)(CCc2ccsc2)C1. The minimum atomic E-state index is -0.413. The molecule has 1 unspecified atom stereocenters. The van der Waals surface area contributed by atoms with Crippen LogP contribution in [0, 0.1) is 5.41 Å². The molecular weight excluding hydrogens is 216 g/mol. The zero-order valence-electron chi connectivity index (χ0n) is 10.3. The van der Waals surface area contributed by atoms with Crippen molar-refractivity contribution in [3.8, 4) is 0 Å². The molecule has 1 N–H and O–H groups in total. The molecule has 1 heterocycles. The van der Waals surface area contributed by atoms with E-state index in [1.54, 1.807) is 11.3 Å². The maximum Gasteiger partial charge on any atom is 0.0656 e. The molecule has 1 aromatic rings. The number of aliphatic hydroxyl groups is 1. The molecule has 2 rings (SSSR count). The van der Waals surface area contributed by atoms with E-state index in [0.29, 0.717) is 5.41 Å². The van der Waals surface area contributed by atoms with Gasteiger partial charge >= 0.3 is 0 Å². The minimum absolute atomic E-state index is 0.321. The van der Waals surface area contributed by atoms with Crippen LogP contribution in [0.15, 0.2) is 16.8 Å². The Morgan fingerprint density at radius 3 is 2.81 bits per heavy atom. The van der Waals surface area contributed by atoms with Crippen LogP contribution in [0.3, 0.4) is 0 Å². The summed E-state index contributed by atoms with van der Waals surface area (Å²) in [6, 6.07) is 2.17. The van der Waals surface area contributed by atoms with E-state index in [4.69, 9.17) is 0 Å². The molecule has 0 bridgehead atoms. The Hall–Kier alpha value is -0.340. The molecule has 0 aromatic carbocycles. The van der Waals surface area contributed by atoms with E-state index in [1.165, 1.54) is 18.4 Å². The summed E-state index contributed by atoms with van der Waals surface area (Å²) in [6.07, 6.45) is 6.33. The molecule has 1 aliphatic rings. The second-order valence-corrected chi connectivity index (χ2v) is 6.83. The van der Waals surface area contributed by atoms with Crippen molar-refractivity contribution in [2.75, 3.05) is 0 Å². The average Bonchev–Trinajstić information content (AvgIpc) is 2.65. The van der Waals surface area contributed by atoms with E-state index in [0.717, 1.165) is 25.7 Å². The van der Waals surface area contributed by atoms with Crippen molar-refractivity contribution < 1.29 is 5.11 Å². The van der Waals surface area contributed by atoms with Crippen LogP contribution in [0.1, 0.15) is 51.5 Å². The number of rotatable bonds is 3. The van der Waals surface area contributed by atoms with Gasteiger partial charge in [0.2, 0.25) is 0 Å². The Morgan fingerprint density at radius 2 is 2.19 bits per heavy atom. The van der Waals surface area contributed by atoms with Gasteiger partial charge in [-0.15, -0.1) is 0 Å². The summed E-state index contributed by atoms with van der Waals surface area (Å²) in [5.74, 6) is 0. The predicted octanol–water partition coefficient (Wildman–Crippen LogP) is 4.01.